The molecule has 1 unspecified atom stereocenters. The summed E-state index contributed by atoms with van der Waals surface area (Å²) in [4.78, 5) is 17.8. The molecule has 200 valence electrons. The molecule has 1 heterocycles. The van der Waals surface area contributed by atoms with Crippen LogP contribution in [0.2, 0.25) is 0 Å². The highest BCUT2D eigenvalue weighted by Crippen LogP contribution is 2.28. The normalized spacial score (nSPS) is 11.9. The molecule has 1 amide bonds. The molecule has 0 fully saturated rings. The van der Waals surface area contributed by atoms with Crippen molar-refractivity contribution in [3.63, 3.8) is 0 Å². The van der Waals surface area contributed by atoms with Crippen LogP contribution in [0.25, 0.3) is 11.0 Å². The monoisotopic (exact) mass is 515 g/mol. The maximum absolute atomic E-state index is 12.9. The van der Waals surface area contributed by atoms with Gasteiger partial charge in [0.15, 0.2) is 11.5 Å². The summed E-state index contributed by atoms with van der Waals surface area (Å²) < 4.78 is 18.8. The van der Waals surface area contributed by atoms with Gasteiger partial charge in [0.2, 0.25) is 5.91 Å². The van der Waals surface area contributed by atoms with Crippen molar-refractivity contribution < 1.29 is 19.0 Å². The van der Waals surface area contributed by atoms with Crippen LogP contribution in [-0.2, 0) is 17.8 Å². The highest BCUT2D eigenvalue weighted by atomic mass is 16.5. The number of aryl methyl sites for hydroxylation is 1. The van der Waals surface area contributed by atoms with Crippen LogP contribution in [0, 0.1) is 0 Å². The topological polar surface area (TPSA) is 74.6 Å². The van der Waals surface area contributed by atoms with Crippen LogP contribution in [0.1, 0.15) is 56.1 Å². The Balaban J connectivity index is 1.41. The van der Waals surface area contributed by atoms with E-state index in [0.717, 1.165) is 41.1 Å². The first-order valence-corrected chi connectivity index (χ1v) is 13.1. The van der Waals surface area contributed by atoms with Crippen LogP contribution in [-0.4, -0.2) is 36.3 Å². The molecular formula is C31H37N3O4. The third kappa shape index (κ3) is 6.46. The van der Waals surface area contributed by atoms with Crippen molar-refractivity contribution in [2.45, 2.75) is 52.1 Å². The average Bonchev–Trinajstić information content (AvgIpc) is 3.30. The highest BCUT2D eigenvalue weighted by Gasteiger charge is 2.19. The molecule has 0 saturated heterocycles. The number of fused-ring (bicyclic) bond motifs is 1. The number of nitrogens with one attached hydrogen (secondary N) is 1. The molecule has 1 aromatic heterocycles. The summed E-state index contributed by atoms with van der Waals surface area (Å²) in [5.74, 6) is 3.35. The minimum absolute atomic E-state index is 0.0866. The molecule has 0 radical (unpaired) electrons. The van der Waals surface area contributed by atoms with Crippen molar-refractivity contribution in [2.75, 3.05) is 20.8 Å². The van der Waals surface area contributed by atoms with Gasteiger partial charge in [-0.3, -0.25) is 4.79 Å². The van der Waals surface area contributed by atoms with Crippen LogP contribution in [0.5, 0.6) is 17.2 Å². The van der Waals surface area contributed by atoms with Gasteiger partial charge < -0.3 is 24.1 Å². The summed E-state index contributed by atoms with van der Waals surface area (Å²) in [6, 6.07) is 21.6. The van der Waals surface area contributed by atoms with E-state index in [-0.39, 0.29) is 18.4 Å². The molecule has 3 aromatic carbocycles. The zero-order chi connectivity index (χ0) is 27.1. The van der Waals surface area contributed by atoms with Crippen LogP contribution in [0.4, 0.5) is 0 Å². The molecule has 0 saturated carbocycles. The van der Waals surface area contributed by atoms with Crippen molar-refractivity contribution in [3.8, 4) is 17.2 Å². The largest absolute Gasteiger partial charge is 0.494 e. The van der Waals surface area contributed by atoms with Gasteiger partial charge in [0.05, 0.1) is 44.3 Å². The number of rotatable bonds is 12. The van der Waals surface area contributed by atoms with E-state index in [1.54, 1.807) is 14.2 Å². The SMILES string of the molecule is COc1ccc(CC(=O)NC(C)c2nc3ccccc3n2CCCOc2ccc(C(C)C)cc2)cc1OC. The second-order valence-corrected chi connectivity index (χ2v) is 9.69. The first-order chi connectivity index (χ1) is 18.4. The molecular weight excluding hydrogens is 478 g/mol. The summed E-state index contributed by atoms with van der Waals surface area (Å²) in [5, 5.41) is 3.12. The van der Waals surface area contributed by atoms with E-state index in [1.807, 2.05) is 55.5 Å². The highest BCUT2D eigenvalue weighted by molar-refractivity contribution is 5.80. The van der Waals surface area contributed by atoms with Crippen LogP contribution < -0.4 is 19.5 Å². The molecule has 0 bridgehead atoms. The summed E-state index contributed by atoms with van der Waals surface area (Å²) in [5.41, 5.74) is 4.10. The summed E-state index contributed by atoms with van der Waals surface area (Å²) in [7, 11) is 3.18. The van der Waals surface area contributed by atoms with Crippen LogP contribution in [0.3, 0.4) is 0 Å². The Hall–Kier alpha value is -4.00. The predicted molar refractivity (Wildman–Crippen MR) is 150 cm³/mol. The second-order valence-electron chi connectivity index (χ2n) is 9.69. The number of carbonyl (C=O) groups excluding carboxylic acids is 1. The Morgan fingerprint density at radius 3 is 2.39 bits per heavy atom. The van der Waals surface area contributed by atoms with E-state index >= 15 is 0 Å². The Labute approximate surface area is 224 Å². The maximum atomic E-state index is 12.9. The minimum Gasteiger partial charge on any atom is -0.494 e. The number of hydrogen-bond donors (Lipinski definition) is 1. The molecule has 38 heavy (non-hydrogen) atoms. The quantitative estimate of drug-likeness (QED) is 0.232. The van der Waals surface area contributed by atoms with Crippen molar-refractivity contribution in [1.82, 2.24) is 14.9 Å². The molecule has 0 aliphatic carbocycles. The number of para-hydroxylation sites is 2. The maximum Gasteiger partial charge on any atom is 0.224 e. The molecule has 1 N–H and O–H groups in total. The first kappa shape index (κ1) is 27.0. The van der Waals surface area contributed by atoms with Gasteiger partial charge in [-0.2, -0.15) is 0 Å². The lowest BCUT2D eigenvalue weighted by Crippen LogP contribution is -2.30. The number of hydrogen-bond acceptors (Lipinski definition) is 5. The fourth-order valence-electron chi connectivity index (χ4n) is 4.55. The van der Waals surface area contributed by atoms with E-state index in [4.69, 9.17) is 19.2 Å². The number of ether oxygens (including phenoxy) is 3. The molecule has 7 heteroatoms. The lowest BCUT2D eigenvalue weighted by atomic mass is 10.0. The van der Waals surface area contributed by atoms with E-state index in [1.165, 1.54) is 5.56 Å². The third-order valence-electron chi connectivity index (χ3n) is 6.60. The Kier molecular flexibility index (Phi) is 8.89. The fourth-order valence-corrected chi connectivity index (χ4v) is 4.55. The van der Waals surface area contributed by atoms with Crippen LogP contribution >= 0.6 is 0 Å². The zero-order valence-corrected chi connectivity index (χ0v) is 22.9. The minimum atomic E-state index is -0.264. The molecule has 0 aliphatic heterocycles. The molecule has 1 atom stereocenters. The number of amides is 1. The van der Waals surface area contributed by atoms with Crippen molar-refractivity contribution >= 4 is 16.9 Å². The number of carbonyl (C=O) groups is 1. The standard InChI is InChI=1S/C31H37N3O4/c1-21(2)24-12-14-25(15-13-24)38-18-8-17-34-27-10-7-6-9-26(27)33-31(34)22(3)32-30(35)20-23-11-16-28(36-4)29(19-23)37-5/h6-7,9-16,19,21-22H,8,17-18,20H2,1-5H3,(H,32,35). The average molecular weight is 516 g/mol. The number of nitrogens with zero attached hydrogens (tertiary/aromatic N) is 2. The van der Waals surface area contributed by atoms with Gasteiger partial charge in [-0.05, 0) is 66.8 Å². The number of benzene rings is 3. The summed E-state index contributed by atoms with van der Waals surface area (Å²) >= 11 is 0. The third-order valence-corrected chi connectivity index (χ3v) is 6.60. The fraction of sp³-hybridized carbons (Fsp3) is 0.355. The smallest absolute Gasteiger partial charge is 0.224 e. The van der Waals surface area contributed by atoms with Crippen molar-refractivity contribution in [1.29, 1.82) is 0 Å². The first-order valence-electron chi connectivity index (χ1n) is 13.1. The van der Waals surface area contributed by atoms with E-state index in [9.17, 15) is 4.79 Å². The van der Waals surface area contributed by atoms with Gasteiger partial charge in [0.25, 0.3) is 0 Å². The van der Waals surface area contributed by atoms with Gasteiger partial charge in [-0.15, -0.1) is 0 Å². The molecule has 7 nitrogen and oxygen atoms in total. The Morgan fingerprint density at radius 2 is 1.68 bits per heavy atom. The molecule has 4 aromatic rings. The Morgan fingerprint density at radius 1 is 0.947 bits per heavy atom. The molecule has 0 aliphatic rings. The van der Waals surface area contributed by atoms with Gasteiger partial charge in [-0.1, -0.05) is 44.2 Å². The lowest BCUT2D eigenvalue weighted by molar-refractivity contribution is -0.121. The molecule has 0 spiro atoms. The number of methoxy groups -OCH3 is 2. The zero-order valence-electron chi connectivity index (χ0n) is 22.9. The van der Waals surface area contributed by atoms with Crippen LogP contribution in [0.15, 0.2) is 66.7 Å². The van der Waals surface area contributed by atoms with Gasteiger partial charge in [-0.25, -0.2) is 4.98 Å². The molecule has 4 rings (SSSR count). The van der Waals surface area contributed by atoms with Crippen molar-refractivity contribution in [3.05, 3.63) is 83.7 Å². The Bertz CT molecular complexity index is 1360. The predicted octanol–water partition coefficient (Wildman–Crippen LogP) is 6.07. The summed E-state index contributed by atoms with van der Waals surface area (Å²) in [6.45, 7) is 7.66. The van der Waals surface area contributed by atoms with E-state index < -0.39 is 0 Å². The van der Waals surface area contributed by atoms with Gasteiger partial charge >= 0.3 is 0 Å². The van der Waals surface area contributed by atoms with Crippen molar-refractivity contribution in [2.24, 2.45) is 0 Å². The lowest BCUT2D eigenvalue weighted by Gasteiger charge is -2.17. The second kappa shape index (κ2) is 12.5. The van der Waals surface area contributed by atoms with E-state index in [0.29, 0.717) is 24.0 Å². The van der Waals surface area contributed by atoms with Gasteiger partial charge in [0.1, 0.15) is 11.6 Å². The van der Waals surface area contributed by atoms with E-state index in [2.05, 4.69) is 41.9 Å². The number of imidazole rings is 1. The number of aromatic nitrogens is 2. The van der Waals surface area contributed by atoms with Gasteiger partial charge in [0, 0.05) is 6.54 Å². The summed E-state index contributed by atoms with van der Waals surface area (Å²) in [6.07, 6.45) is 1.04.